The molecular weight excluding hydrogens is 238 g/mol. The zero-order valence-corrected chi connectivity index (χ0v) is 11.2. The molecule has 2 heterocycles. The van der Waals surface area contributed by atoms with Crippen LogP contribution in [-0.2, 0) is 4.74 Å². The number of hydrogen-bond donors (Lipinski definition) is 1. The lowest BCUT2D eigenvalue weighted by Gasteiger charge is -2.17. The molecule has 0 saturated heterocycles. The lowest BCUT2D eigenvalue weighted by atomic mass is 9.98. The molecule has 2 aromatic rings. The molecule has 4 nitrogen and oxygen atoms in total. The minimum Gasteiger partial charge on any atom is -0.398 e. The van der Waals surface area contributed by atoms with Crippen molar-refractivity contribution in [1.82, 2.24) is 9.97 Å². The lowest BCUT2D eigenvalue weighted by molar-refractivity contribution is 0.161. The van der Waals surface area contributed by atoms with Crippen LogP contribution in [0.5, 0.6) is 0 Å². The van der Waals surface area contributed by atoms with E-state index in [9.17, 15) is 0 Å². The molecule has 0 radical (unpaired) electrons. The van der Waals surface area contributed by atoms with Gasteiger partial charge >= 0.3 is 0 Å². The zero-order chi connectivity index (χ0) is 13.4. The highest BCUT2D eigenvalue weighted by molar-refractivity contribution is 5.94. The maximum atomic E-state index is 6.16. The van der Waals surface area contributed by atoms with Crippen molar-refractivity contribution >= 4 is 22.3 Å². The first-order valence-corrected chi connectivity index (χ1v) is 6.47. The highest BCUT2D eigenvalue weighted by Crippen LogP contribution is 2.32. The number of fused-ring (bicyclic) bond motifs is 1. The smallest absolute Gasteiger partial charge is 0.0985 e. The zero-order valence-electron chi connectivity index (χ0n) is 11.2. The SMILES string of the molecule is Cc1nc2ccc(N)c(C3=CCOCC3)c2nc1C. The molecule has 1 aliphatic rings. The Hall–Kier alpha value is -1.94. The predicted molar refractivity (Wildman–Crippen MR) is 76.8 cm³/mol. The van der Waals surface area contributed by atoms with Gasteiger partial charge in [0.25, 0.3) is 0 Å². The summed E-state index contributed by atoms with van der Waals surface area (Å²) in [7, 11) is 0. The number of aryl methyl sites for hydroxylation is 2. The van der Waals surface area contributed by atoms with Gasteiger partial charge in [0.05, 0.1) is 35.6 Å². The van der Waals surface area contributed by atoms with Crippen LogP contribution in [0.15, 0.2) is 18.2 Å². The van der Waals surface area contributed by atoms with Crippen molar-refractivity contribution in [3.05, 3.63) is 35.2 Å². The molecule has 0 aliphatic carbocycles. The Morgan fingerprint density at radius 2 is 1.95 bits per heavy atom. The molecule has 1 aliphatic heterocycles. The number of benzene rings is 1. The highest BCUT2D eigenvalue weighted by atomic mass is 16.5. The lowest BCUT2D eigenvalue weighted by Crippen LogP contribution is -2.07. The maximum Gasteiger partial charge on any atom is 0.0985 e. The monoisotopic (exact) mass is 255 g/mol. The summed E-state index contributed by atoms with van der Waals surface area (Å²) >= 11 is 0. The Kier molecular flexibility index (Phi) is 2.95. The summed E-state index contributed by atoms with van der Waals surface area (Å²) in [6.45, 7) is 5.34. The molecular formula is C15H17N3O. The first kappa shape index (κ1) is 12.1. The van der Waals surface area contributed by atoms with Gasteiger partial charge in [0.15, 0.2) is 0 Å². The summed E-state index contributed by atoms with van der Waals surface area (Å²) < 4.78 is 5.36. The molecule has 98 valence electrons. The summed E-state index contributed by atoms with van der Waals surface area (Å²) in [4.78, 5) is 9.28. The van der Waals surface area contributed by atoms with Crippen molar-refractivity contribution in [2.24, 2.45) is 0 Å². The van der Waals surface area contributed by atoms with E-state index in [0.717, 1.165) is 46.7 Å². The number of rotatable bonds is 1. The summed E-state index contributed by atoms with van der Waals surface area (Å²) in [5.41, 5.74) is 12.9. The van der Waals surface area contributed by atoms with E-state index in [2.05, 4.69) is 16.0 Å². The summed E-state index contributed by atoms with van der Waals surface area (Å²) in [5, 5.41) is 0. The summed E-state index contributed by atoms with van der Waals surface area (Å²) in [6, 6.07) is 3.85. The highest BCUT2D eigenvalue weighted by Gasteiger charge is 2.15. The Balaban J connectivity index is 2.30. The Morgan fingerprint density at radius 3 is 2.68 bits per heavy atom. The standard InChI is InChI=1S/C15H17N3O/c1-9-10(2)18-15-13(17-9)4-3-12(16)14(15)11-5-7-19-8-6-11/h3-5H,6-8,16H2,1-2H3. The fourth-order valence-corrected chi connectivity index (χ4v) is 2.40. The number of nitrogens with two attached hydrogens (primary N) is 1. The van der Waals surface area contributed by atoms with E-state index in [1.165, 1.54) is 5.57 Å². The molecule has 0 bridgehead atoms. The van der Waals surface area contributed by atoms with Crippen molar-refractivity contribution in [2.45, 2.75) is 20.3 Å². The average Bonchev–Trinajstić information content (AvgIpc) is 2.42. The van der Waals surface area contributed by atoms with Crippen molar-refractivity contribution in [1.29, 1.82) is 0 Å². The van der Waals surface area contributed by atoms with Crippen LogP contribution in [0.1, 0.15) is 23.4 Å². The third kappa shape index (κ3) is 2.08. The van der Waals surface area contributed by atoms with Gasteiger partial charge in [0.2, 0.25) is 0 Å². The Morgan fingerprint density at radius 1 is 1.16 bits per heavy atom. The molecule has 0 amide bonds. The quantitative estimate of drug-likeness (QED) is 0.796. The number of anilines is 1. The van der Waals surface area contributed by atoms with E-state index >= 15 is 0 Å². The molecule has 0 unspecified atom stereocenters. The van der Waals surface area contributed by atoms with Gasteiger partial charge in [-0.1, -0.05) is 6.08 Å². The van der Waals surface area contributed by atoms with Gasteiger partial charge in [-0.25, -0.2) is 9.97 Å². The van der Waals surface area contributed by atoms with E-state index in [1.807, 2.05) is 26.0 Å². The number of hydrogen-bond acceptors (Lipinski definition) is 4. The second kappa shape index (κ2) is 4.63. The van der Waals surface area contributed by atoms with Gasteiger partial charge < -0.3 is 10.5 Å². The largest absolute Gasteiger partial charge is 0.398 e. The first-order valence-electron chi connectivity index (χ1n) is 6.47. The van der Waals surface area contributed by atoms with Crippen LogP contribution in [0.2, 0.25) is 0 Å². The first-order chi connectivity index (χ1) is 9.16. The third-order valence-corrected chi connectivity index (χ3v) is 3.56. The summed E-state index contributed by atoms with van der Waals surface area (Å²) in [6.07, 6.45) is 2.96. The Bertz CT molecular complexity index is 677. The van der Waals surface area contributed by atoms with E-state index in [1.54, 1.807) is 0 Å². The Labute approximate surface area is 112 Å². The molecule has 0 fully saturated rings. The van der Waals surface area contributed by atoms with Gasteiger partial charge in [-0.2, -0.15) is 0 Å². The molecule has 19 heavy (non-hydrogen) atoms. The average molecular weight is 255 g/mol. The number of aromatic nitrogens is 2. The molecule has 0 atom stereocenters. The van der Waals surface area contributed by atoms with E-state index in [4.69, 9.17) is 10.5 Å². The van der Waals surface area contributed by atoms with Crippen LogP contribution in [-0.4, -0.2) is 23.2 Å². The molecule has 2 N–H and O–H groups in total. The van der Waals surface area contributed by atoms with E-state index < -0.39 is 0 Å². The van der Waals surface area contributed by atoms with Gasteiger partial charge in [0, 0.05) is 11.3 Å². The molecule has 1 aromatic heterocycles. The van der Waals surface area contributed by atoms with Crippen LogP contribution < -0.4 is 5.73 Å². The van der Waals surface area contributed by atoms with Crippen molar-refractivity contribution < 1.29 is 4.74 Å². The van der Waals surface area contributed by atoms with Gasteiger partial charge in [-0.15, -0.1) is 0 Å². The van der Waals surface area contributed by atoms with Crippen LogP contribution in [0.3, 0.4) is 0 Å². The van der Waals surface area contributed by atoms with Crippen molar-refractivity contribution in [3.8, 4) is 0 Å². The maximum absolute atomic E-state index is 6.16. The van der Waals surface area contributed by atoms with Gasteiger partial charge in [0.1, 0.15) is 0 Å². The van der Waals surface area contributed by atoms with Gasteiger partial charge in [-0.05, 0) is 38.0 Å². The second-order valence-corrected chi connectivity index (χ2v) is 4.85. The predicted octanol–water partition coefficient (Wildman–Crippen LogP) is 2.63. The van der Waals surface area contributed by atoms with Crippen LogP contribution >= 0.6 is 0 Å². The molecule has 0 saturated carbocycles. The van der Waals surface area contributed by atoms with Crippen LogP contribution in [0.25, 0.3) is 16.6 Å². The van der Waals surface area contributed by atoms with Crippen molar-refractivity contribution in [3.63, 3.8) is 0 Å². The van der Waals surface area contributed by atoms with Gasteiger partial charge in [-0.3, -0.25) is 0 Å². The topological polar surface area (TPSA) is 61.0 Å². The van der Waals surface area contributed by atoms with Crippen LogP contribution in [0.4, 0.5) is 5.69 Å². The second-order valence-electron chi connectivity index (χ2n) is 4.85. The molecule has 4 heteroatoms. The van der Waals surface area contributed by atoms with Crippen molar-refractivity contribution in [2.75, 3.05) is 18.9 Å². The number of nitrogen functional groups attached to an aromatic ring is 1. The van der Waals surface area contributed by atoms with E-state index in [0.29, 0.717) is 6.61 Å². The molecule has 1 aromatic carbocycles. The van der Waals surface area contributed by atoms with E-state index in [-0.39, 0.29) is 0 Å². The molecule has 3 rings (SSSR count). The number of ether oxygens (including phenoxy) is 1. The fourth-order valence-electron chi connectivity index (χ4n) is 2.40. The minimum absolute atomic E-state index is 0.642. The fraction of sp³-hybridized carbons (Fsp3) is 0.333. The molecule has 0 spiro atoms. The number of nitrogens with zero attached hydrogens (tertiary/aromatic N) is 2. The summed E-state index contributed by atoms with van der Waals surface area (Å²) in [5.74, 6) is 0. The van der Waals surface area contributed by atoms with Crippen LogP contribution in [0, 0.1) is 13.8 Å². The minimum atomic E-state index is 0.642. The third-order valence-electron chi connectivity index (χ3n) is 3.56. The normalized spacial score (nSPS) is 15.6.